The van der Waals surface area contributed by atoms with E-state index in [1.54, 1.807) is 18.2 Å². The molecule has 0 bridgehead atoms. The average molecular weight is 384 g/mol. The third-order valence-corrected chi connectivity index (χ3v) is 5.63. The van der Waals surface area contributed by atoms with Gasteiger partial charge in [0.25, 0.3) is 0 Å². The molecular formula is C22H24O6. The van der Waals surface area contributed by atoms with Crippen LogP contribution >= 0.6 is 0 Å². The molecule has 0 saturated carbocycles. The number of fused-ring (bicyclic) bond motifs is 3. The van der Waals surface area contributed by atoms with Crippen molar-refractivity contribution < 1.29 is 29.9 Å². The Bertz CT molecular complexity index is 889. The van der Waals surface area contributed by atoms with Crippen molar-refractivity contribution in [3.8, 4) is 23.0 Å². The van der Waals surface area contributed by atoms with Crippen LogP contribution in [-0.2, 0) is 11.2 Å². The van der Waals surface area contributed by atoms with Gasteiger partial charge in [0.2, 0.25) is 5.75 Å². The van der Waals surface area contributed by atoms with Crippen molar-refractivity contribution in [1.29, 1.82) is 0 Å². The van der Waals surface area contributed by atoms with E-state index in [0.717, 1.165) is 18.4 Å². The van der Waals surface area contributed by atoms with Crippen molar-refractivity contribution in [3.63, 3.8) is 0 Å². The Morgan fingerprint density at radius 2 is 1.89 bits per heavy atom. The summed E-state index contributed by atoms with van der Waals surface area (Å²) in [6.45, 7) is 0. The van der Waals surface area contributed by atoms with Crippen molar-refractivity contribution in [3.05, 3.63) is 53.1 Å². The van der Waals surface area contributed by atoms with Crippen LogP contribution in [0.3, 0.4) is 0 Å². The third kappa shape index (κ3) is 3.30. The van der Waals surface area contributed by atoms with E-state index in [2.05, 4.69) is 0 Å². The van der Waals surface area contributed by atoms with Gasteiger partial charge in [-0.1, -0.05) is 24.3 Å². The minimum Gasteiger partial charge on any atom is -0.508 e. The molecule has 4 atom stereocenters. The smallest absolute Gasteiger partial charge is 0.201 e. The van der Waals surface area contributed by atoms with E-state index >= 15 is 0 Å². The van der Waals surface area contributed by atoms with Crippen LogP contribution in [0.5, 0.6) is 23.0 Å². The number of hydrogen-bond donors (Lipinski definition) is 4. The molecule has 6 nitrogen and oxygen atoms in total. The van der Waals surface area contributed by atoms with Gasteiger partial charge in [0.15, 0.2) is 11.5 Å². The number of phenolic OH excluding ortho intramolecular Hbond substituents is 3. The number of benzene rings is 2. The number of aromatic hydroxyl groups is 3. The summed E-state index contributed by atoms with van der Waals surface area (Å²) in [6, 6.07) is 8.56. The molecule has 2 aromatic carbocycles. The highest BCUT2D eigenvalue weighted by molar-refractivity contribution is 5.71. The van der Waals surface area contributed by atoms with Gasteiger partial charge in [0.05, 0.1) is 25.4 Å². The van der Waals surface area contributed by atoms with Gasteiger partial charge < -0.3 is 29.9 Å². The van der Waals surface area contributed by atoms with Gasteiger partial charge in [-0.2, -0.15) is 0 Å². The van der Waals surface area contributed by atoms with Crippen LogP contribution in [-0.4, -0.2) is 39.7 Å². The Morgan fingerprint density at radius 1 is 1.14 bits per heavy atom. The number of phenols is 3. The normalized spacial score (nSPS) is 25.8. The van der Waals surface area contributed by atoms with Crippen molar-refractivity contribution in [2.75, 3.05) is 7.11 Å². The first-order valence-electron chi connectivity index (χ1n) is 9.40. The molecule has 1 aliphatic carbocycles. The highest BCUT2D eigenvalue weighted by atomic mass is 16.5. The number of aliphatic hydroxyl groups is 1. The van der Waals surface area contributed by atoms with Gasteiger partial charge in [-0.05, 0) is 42.2 Å². The lowest BCUT2D eigenvalue weighted by atomic mass is 9.78. The summed E-state index contributed by atoms with van der Waals surface area (Å²) >= 11 is 0. The second-order valence-electron chi connectivity index (χ2n) is 7.40. The topological polar surface area (TPSA) is 99.4 Å². The largest absolute Gasteiger partial charge is 0.508 e. The second kappa shape index (κ2) is 7.37. The number of ether oxygens (including phenoxy) is 2. The lowest BCUT2D eigenvalue weighted by molar-refractivity contribution is -0.127. The van der Waals surface area contributed by atoms with Gasteiger partial charge in [-0.15, -0.1) is 0 Å². The lowest BCUT2D eigenvalue weighted by Crippen LogP contribution is -2.40. The van der Waals surface area contributed by atoms with E-state index in [-0.39, 0.29) is 35.0 Å². The zero-order chi connectivity index (χ0) is 19.8. The summed E-state index contributed by atoms with van der Waals surface area (Å²) in [4.78, 5) is 0. The van der Waals surface area contributed by atoms with Crippen LogP contribution < -0.4 is 4.74 Å². The van der Waals surface area contributed by atoms with Crippen LogP contribution in [0.25, 0.3) is 6.08 Å². The molecule has 0 spiro atoms. The average Bonchev–Trinajstić information content (AvgIpc) is 2.69. The van der Waals surface area contributed by atoms with E-state index in [0.29, 0.717) is 17.5 Å². The quantitative estimate of drug-likeness (QED) is 0.604. The number of aliphatic hydroxyl groups excluding tert-OH is 1. The molecule has 1 aliphatic heterocycles. The summed E-state index contributed by atoms with van der Waals surface area (Å²) in [5, 5.41) is 40.2. The molecule has 1 heterocycles. The summed E-state index contributed by atoms with van der Waals surface area (Å²) in [5.74, 6) is -0.350. The molecule has 2 aromatic rings. The van der Waals surface area contributed by atoms with Crippen LogP contribution in [0.15, 0.2) is 36.4 Å². The van der Waals surface area contributed by atoms with Gasteiger partial charge in [0.1, 0.15) is 5.75 Å². The monoisotopic (exact) mass is 384 g/mol. The summed E-state index contributed by atoms with van der Waals surface area (Å²) in [5.41, 5.74) is 2.45. The summed E-state index contributed by atoms with van der Waals surface area (Å²) in [6.07, 6.45) is 4.58. The molecule has 1 saturated heterocycles. The third-order valence-electron chi connectivity index (χ3n) is 5.63. The molecule has 2 aliphatic rings. The standard InChI is InChI=1S/C22H24O6/c1-27-22-15-8-9-16-18(24)10-14(7-4-12-2-5-13(23)6-3-12)28-21(16)17(15)11-19(25)20(22)26/h2-3,5-6,8-9,11,14,16,18,21,23-26H,4,7,10H2,1H3/t14-,16-,18+,21+/m0/s1. The molecule has 0 amide bonds. The predicted octanol–water partition coefficient (Wildman–Crippen LogP) is 3.28. The van der Waals surface area contributed by atoms with Crippen molar-refractivity contribution in [1.82, 2.24) is 0 Å². The van der Waals surface area contributed by atoms with Gasteiger partial charge >= 0.3 is 0 Å². The Morgan fingerprint density at radius 3 is 2.61 bits per heavy atom. The number of rotatable bonds is 4. The fraction of sp³-hybridized carbons (Fsp3) is 0.364. The molecule has 4 rings (SSSR count). The van der Waals surface area contributed by atoms with Crippen LogP contribution in [0.2, 0.25) is 0 Å². The maximum Gasteiger partial charge on any atom is 0.201 e. The maximum atomic E-state index is 10.7. The Labute approximate surface area is 163 Å². The van der Waals surface area contributed by atoms with E-state index in [1.807, 2.05) is 18.2 Å². The Kier molecular flexibility index (Phi) is 4.91. The molecule has 6 heteroatoms. The van der Waals surface area contributed by atoms with Crippen LogP contribution in [0.4, 0.5) is 0 Å². The first-order chi connectivity index (χ1) is 13.5. The zero-order valence-corrected chi connectivity index (χ0v) is 15.6. The van der Waals surface area contributed by atoms with Crippen LogP contribution in [0.1, 0.15) is 35.6 Å². The van der Waals surface area contributed by atoms with E-state index in [1.165, 1.54) is 13.2 Å². The molecule has 0 aromatic heterocycles. The van der Waals surface area contributed by atoms with Gasteiger partial charge in [0, 0.05) is 17.9 Å². The Balaban J connectivity index is 1.57. The molecule has 1 fully saturated rings. The first kappa shape index (κ1) is 18.7. The number of aryl methyl sites for hydroxylation is 1. The van der Waals surface area contributed by atoms with E-state index < -0.39 is 12.2 Å². The second-order valence-corrected chi connectivity index (χ2v) is 7.40. The van der Waals surface area contributed by atoms with Crippen molar-refractivity contribution in [2.45, 2.75) is 37.6 Å². The van der Waals surface area contributed by atoms with E-state index in [4.69, 9.17) is 9.47 Å². The molecule has 28 heavy (non-hydrogen) atoms. The van der Waals surface area contributed by atoms with Crippen molar-refractivity contribution >= 4 is 6.08 Å². The Hall–Kier alpha value is -2.70. The van der Waals surface area contributed by atoms with E-state index in [9.17, 15) is 20.4 Å². The maximum absolute atomic E-state index is 10.7. The lowest BCUT2D eigenvalue weighted by Gasteiger charge is -2.41. The summed E-state index contributed by atoms with van der Waals surface area (Å²) < 4.78 is 11.6. The molecule has 4 N–H and O–H groups in total. The molecular weight excluding hydrogens is 360 g/mol. The fourth-order valence-electron chi connectivity index (χ4n) is 4.16. The van der Waals surface area contributed by atoms with Gasteiger partial charge in [-0.3, -0.25) is 0 Å². The van der Waals surface area contributed by atoms with Gasteiger partial charge in [-0.25, -0.2) is 0 Å². The highest BCUT2D eigenvalue weighted by Gasteiger charge is 2.41. The molecule has 148 valence electrons. The minimum absolute atomic E-state index is 0.147. The fourth-order valence-corrected chi connectivity index (χ4v) is 4.16. The first-order valence-corrected chi connectivity index (χ1v) is 9.40. The SMILES string of the molecule is COc1c(O)c(O)cc2c1C=C[C@H]1[C@H](O)C[C@H](CCc3ccc(O)cc3)O[C@@H]21. The van der Waals surface area contributed by atoms with Crippen molar-refractivity contribution in [2.24, 2.45) is 5.92 Å². The van der Waals surface area contributed by atoms with Crippen LogP contribution in [0, 0.1) is 5.92 Å². The minimum atomic E-state index is -0.560. The molecule has 0 radical (unpaired) electrons. The molecule has 0 unspecified atom stereocenters. The number of methoxy groups -OCH3 is 1. The highest BCUT2D eigenvalue weighted by Crippen LogP contribution is 2.50. The predicted molar refractivity (Wildman–Crippen MR) is 104 cm³/mol. The summed E-state index contributed by atoms with van der Waals surface area (Å²) in [7, 11) is 1.44. The number of hydrogen-bond acceptors (Lipinski definition) is 6. The zero-order valence-electron chi connectivity index (χ0n) is 15.6.